The maximum Gasteiger partial charge on any atom is 0.250 e. The molecular weight excluding hydrogens is 146 g/mol. The summed E-state index contributed by atoms with van der Waals surface area (Å²) in [6.45, 7) is 2.93. The molecule has 0 heterocycles. The fourth-order valence-electron chi connectivity index (χ4n) is 0.374. The topological polar surface area (TPSA) is 66.4 Å². The molecule has 0 aromatic heterocycles. The van der Waals surface area contributed by atoms with Crippen LogP contribution < -0.4 is 5.32 Å². The lowest BCUT2D eigenvalue weighted by atomic mass is 10.4. The Morgan fingerprint density at radius 2 is 2.09 bits per heavy atom. The van der Waals surface area contributed by atoms with Gasteiger partial charge in [0.05, 0.1) is 6.61 Å². The molecule has 0 aromatic carbocycles. The smallest absolute Gasteiger partial charge is 0.250 e. The van der Waals surface area contributed by atoms with E-state index < -0.39 is 11.8 Å². The summed E-state index contributed by atoms with van der Waals surface area (Å²) in [4.78, 5) is 21.0. The van der Waals surface area contributed by atoms with Crippen molar-refractivity contribution in [2.24, 2.45) is 0 Å². The van der Waals surface area contributed by atoms with Gasteiger partial charge in [0, 0.05) is 6.08 Å². The standard InChI is InChI=1S/C7H9NO3/c1-2-6(10)8-7(11)4-3-5-9/h2-4,9H,1,5H2,(H,8,10,11). The number of aliphatic hydroxyl groups is 1. The summed E-state index contributed by atoms with van der Waals surface area (Å²) in [6, 6.07) is 0. The van der Waals surface area contributed by atoms with Crippen LogP contribution in [-0.4, -0.2) is 23.5 Å². The Hall–Kier alpha value is -1.42. The third kappa shape index (κ3) is 5.05. The Bertz CT molecular complexity index is 196. The number of hydrogen-bond donors (Lipinski definition) is 2. The van der Waals surface area contributed by atoms with Gasteiger partial charge in [0.25, 0.3) is 5.91 Å². The highest BCUT2D eigenvalue weighted by Crippen LogP contribution is 1.73. The van der Waals surface area contributed by atoms with E-state index in [1.807, 2.05) is 5.32 Å². The van der Waals surface area contributed by atoms with Crippen LogP contribution >= 0.6 is 0 Å². The number of aliphatic hydroxyl groups excluding tert-OH is 1. The zero-order chi connectivity index (χ0) is 8.69. The highest BCUT2D eigenvalue weighted by molar-refractivity contribution is 6.04. The molecule has 2 amide bonds. The van der Waals surface area contributed by atoms with Gasteiger partial charge in [-0.1, -0.05) is 12.7 Å². The molecule has 0 aliphatic carbocycles. The van der Waals surface area contributed by atoms with Crippen molar-refractivity contribution in [3.05, 3.63) is 24.8 Å². The highest BCUT2D eigenvalue weighted by atomic mass is 16.2. The van der Waals surface area contributed by atoms with Gasteiger partial charge in [-0.25, -0.2) is 0 Å². The van der Waals surface area contributed by atoms with Crippen LogP contribution in [0, 0.1) is 0 Å². The molecule has 0 rings (SSSR count). The van der Waals surface area contributed by atoms with Crippen molar-refractivity contribution < 1.29 is 14.7 Å². The summed E-state index contributed by atoms with van der Waals surface area (Å²) in [5, 5.41) is 10.2. The molecule has 0 unspecified atom stereocenters. The Morgan fingerprint density at radius 1 is 1.45 bits per heavy atom. The van der Waals surface area contributed by atoms with Gasteiger partial charge in [0.1, 0.15) is 0 Å². The molecular formula is C7H9NO3. The number of carbonyl (C=O) groups excluding carboxylic acids is 2. The third-order valence-electron chi connectivity index (χ3n) is 0.806. The van der Waals surface area contributed by atoms with Gasteiger partial charge in [0.15, 0.2) is 0 Å². The Labute approximate surface area is 64.2 Å². The van der Waals surface area contributed by atoms with Crippen LogP contribution in [0.3, 0.4) is 0 Å². The van der Waals surface area contributed by atoms with E-state index in [-0.39, 0.29) is 6.61 Å². The van der Waals surface area contributed by atoms with Crippen molar-refractivity contribution in [1.29, 1.82) is 0 Å². The first-order chi connectivity index (χ1) is 5.20. The monoisotopic (exact) mass is 155 g/mol. The van der Waals surface area contributed by atoms with Crippen LogP contribution in [0.15, 0.2) is 24.8 Å². The second-order valence-electron chi connectivity index (χ2n) is 1.64. The molecule has 0 aromatic rings. The minimum Gasteiger partial charge on any atom is -0.392 e. The normalized spacial score (nSPS) is 9.55. The fourth-order valence-corrected chi connectivity index (χ4v) is 0.374. The van der Waals surface area contributed by atoms with Gasteiger partial charge in [-0.2, -0.15) is 0 Å². The van der Waals surface area contributed by atoms with E-state index in [4.69, 9.17) is 5.11 Å². The first-order valence-corrected chi connectivity index (χ1v) is 2.95. The van der Waals surface area contributed by atoms with Crippen LogP contribution in [0.4, 0.5) is 0 Å². The summed E-state index contributed by atoms with van der Waals surface area (Å²) < 4.78 is 0. The maximum atomic E-state index is 10.6. The average molecular weight is 155 g/mol. The van der Waals surface area contributed by atoms with Gasteiger partial charge < -0.3 is 5.11 Å². The number of amides is 2. The second kappa shape index (κ2) is 5.37. The van der Waals surface area contributed by atoms with Crippen molar-refractivity contribution in [3.63, 3.8) is 0 Å². The zero-order valence-corrected chi connectivity index (χ0v) is 5.91. The van der Waals surface area contributed by atoms with Gasteiger partial charge in [0.2, 0.25) is 5.91 Å². The Morgan fingerprint density at radius 3 is 2.55 bits per heavy atom. The van der Waals surface area contributed by atoms with Gasteiger partial charge in [-0.15, -0.1) is 0 Å². The number of rotatable bonds is 3. The third-order valence-corrected chi connectivity index (χ3v) is 0.806. The van der Waals surface area contributed by atoms with E-state index in [0.29, 0.717) is 0 Å². The molecule has 0 fully saturated rings. The first kappa shape index (κ1) is 9.58. The number of imide groups is 1. The van der Waals surface area contributed by atoms with Crippen molar-refractivity contribution in [2.45, 2.75) is 0 Å². The molecule has 0 spiro atoms. The van der Waals surface area contributed by atoms with E-state index in [0.717, 1.165) is 12.2 Å². The van der Waals surface area contributed by atoms with Crippen molar-refractivity contribution in [1.82, 2.24) is 5.32 Å². The molecule has 4 nitrogen and oxygen atoms in total. The second-order valence-corrected chi connectivity index (χ2v) is 1.64. The van der Waals surface area contributed by atoms with E-state index in [1.54, 1.807) is 0 Å². The minimum absolute atomic E-state index is 0.226. The number of carbonyl (C=O) groups is 2. The molecule has 0 saturated carbocycles. The van der Waals surface area contributed by atoms with Crippen molar-refractivity contribution in [3.8, 4) is 0 Å². The van der Waals surface area contributed by atoms with Crippen LogP contribution in [0.5, 0.6) is 0 Å². The van der Waals surface area contributed by atoms with E-state index >= 15 is 0 Å². The Kier molecular flexibility index (Phi) is 4.68. The quantitative estimate of drug-likeness (QED) is 0.533. The van der Waals surface area contributed by atoms with E-state index in [1.165, 1.54) is 6.08 Å². The Balaban J connectivity index is 3.78. The van der Waals surface area contributed by atoms with Crippen LogP contribution in [0.1, 0.15) is 0 Å². The highest BCUT2D eigenvalue weighted by Gasteiger charge is 1.97. The number of hydrogen-bond acceptors (Lipinski definition) is 3. The van der Waals surface area contributed by atoms with Gasteiger partial charge in [-0.3, -0.25) is 14.9 Å². The molecule has 0 atom stereocenters. The summed E-state index contributed by atoms with van der Waals surface area (Å²) in [6.07, 6.45) is 3.29. The first-order valence-electron chi connectivity index (χ1n) is 2.95. The van der Waals surface area contributed by atoms with Crippen LogP contribution in [0.2, 0.25) is 0 Å². The fraction of sp³-hybridized carbons (Fsp3) is 0.143. The maximum absolute atomic E-state index is 10.6. The SMILES string of the molecule is C=CC(=O)NC(=O)C=CCO. The molecule has 0 saturated heterocycles. The molecule has 2 N–H and O–H groups in total. The lowest BCUT2D eigenvalue weighted by molar-refractivity contribution is -0.125. The molecule has 60 valence electrons. The molecule has 0 aliphatic rings. The lowest BCUT2D eigenvalue weighted by Crippen LogP contribution is -2.26. The molecule has 0 aliphatic heterocycles. The van der Waals surface area contributed by atoms with E-state index in [9.17, 15) is 9.59 Å². The van der Waals surface area contributed by atoms with Crippen LogP contribution in [-0.2, 0) is 9.59 Å². The summed E-state index contributed by atoms with van der Waals surface area (Å²) in [7, 11) is 0. The summed E-state index contributed by atoms with van der Waals surface area (Å²) in [5.41, 5.74) is 0. The largest absolute Gasteiger partial charge is 0.392 e. The van der Waals surface area contributed by atoms with Gasteiger partial charge >= 0.3 is 0 Å². The van der Waals surface area contributed by atoms with Crippen molar-refractivity contribution in [2.75, 3.05) is 6.61 Å². The van der Waals surface area contributed by atoms with Crippen molar-refractivity contribution >= 4 is 11.8 Å². The zero-order valence-electron chi connectivity index (χ0n) is 5.91. The molecule has 0 bridgehead atoms. The molecule has 0 radical (unpaired) electrons. The predicted octanol–water partition coefficient (Wildman–Crippen LogP) is -0.636. The van der Waals surface area contributed by atoms with Crippen LogP contribution in [0.25, 0.3) is 0 Å². The molecule has 4 heteroatoms. The van der Waals surface area contributed by atoms with E-state index in [2.05, 4.69) is 6.58 Å². The van der Waals surface area contributed by atoms with Gasteiger partial charge in [-0.05, 0) is 6.08 Å². The lowest BCUT2D eigenvalue weighted by Gasteiger charge is -1.92. The average Bonchev–Trinajstić information content (AvgIpc) is 2.00. The summed E-state index contributed by atoms with van der Waals surface area (Å²) in [5.74, 6) is -1.12. The molecule has 11 heavy (non-hydrogen) atoms. The predicted molar refractivity (Wildman–Crippen MR) is 39.6 cm³/mol. The summed E-state index contributed by atoms with van der Waals surface area (Å²) >= 11 is 0. The number of nitrogens with one attached hydrogen (secondary N) is 1. The minimum atomic E-state index is -0.566.